The van der Waals surface area contributed by atoms with Gasteiger partial charge in [0, 0.05) is 13.2 Å². The molecule has 0 spiro atoms. The Kier molecular flexibility index (Phi) is 3.98. The summed E-state index contributed by atoms with van der Waals surface area (Å²) in [5.41, 5.74) is 7.00. The monoisotopic (exact) mass is 272 g/mol. The topological polar surface area (TPSA) is 114 Å². The molecule has 0 saturated heterocycles. The van der Waals surface area contributed by atoms with E-state index in [1.807, 2.05) is 6.07 Å². The summed E-state index contributed by atoms with van der Waals surface area (Å²) in [6.07, 6.45) is 0. The fourth-order valence-electron chi connectivity index (χ4n) is 1.56. The number of aromatic nitrogens is 1. The molecule has 2 rings (SSSR count). The number of hydrogen-bond acceptors (Lipinski definition) is 6. The van der Waals surface area contributed by atoms with E-state index in [-0.39, 0.29) is 12.3 Å². The highest BCUT2D eigenvalue weighted by Gasteiger charge is 2.14. The first-order valence-corrected chi connectivity index (χ1v) is 5.69. The normalized spacial score (nSPS) is 10.0. The number of benzene rings is 1. The van der Waals surface area contributed by atoms with Crippen molar-refractivity contribution in [2.24, 2.45) is 0 Å². The predicted molar refractivity (Wildman–Crippen MR) is 70.7 cm³/mol. The van der Waals surface area contributed by atoms with Crippen molar-refractivity contribution in [1.82, 2.24) is 5.16 Å². The van der Waals surface area contributed by atoms with Gasteiger partial charge in [-0.1, -0.05) is 5.16 Å². The molecule has 0 bridgehead atoms. The van der Waals surface area contributed by atoms with Crippen LogP contribution in [0.3, 0.4) is 0 Å². The van der Waals surface area contributed by atoms with Gasteiger partial charge in [0.05, 0.1) is 23.0 Å². The molecule has 0 saturated carbocycles. The lowest BCUT2D eigenvalue weighted by Gasteiger charge is -2.06. The summed E-state index contributed by atoms with van der Waals surface area (Å²) in [5.74, 6) is -0.00189. The molecule has 0 unspecified atom stereocenters. The van der Waals surface area contributed by atoms with E-state index in [0.29, 0.717) is 22.7 Å². The SMILES string of the molecule is COCc1cc(C(=O)Nc2ccc(C#N)cc2N)no1. The van der Waals surface area contributed by atoms with Crippen LogP contribution in [0.1, 0.15) is 21.8 Å². The van der Waals surface area contributed by atoms with Crippen molar-refractivity contribution in [1.29, 1.82) is 5.26 Å². The van der Waals surface area contributed by atoms with Crippen LogP contribution in [0.4, 0.5) is 11.4 Å². The van der Waals surface area contributed by atoms with Gasteiger partial charge in [0.15, 0.2) is 11.5 Å². The maximum absolute atomic E-state index is 11.9. The van der Waals surface area contributed by atoms with Gasteiger partial charge < -0.3 is 20.3 Å². The van der Waals surface area contributed by atoms with E-state index < -0.39 is 5.91 Å². The van der Waals surface area contributed by atoms with E-state index in [9.17, 15) is 4.79 Å². The number of nitrogen functional groups attached to an aromatic ring is 1. The molecule has 0 fully saturated rings. The Morgan fingerprint density at radius 1 is 1.55 bits per heavy atom. The van der Waals surface area contributed by atoms with Gasteiger partial charge in [-0.15, -0.1) is 0 Å². The quantitative estimate of drug-likeness (QED) is 0.815. The molecular formula is C13H12N4O3. The molecule has 0 atom stereocenters. The first-order valence-electron chi connectivity index (χ1n) is 5.69. The Hall–Kier alpha value is -2.85. The van der Waals surface area contributed by atoms with Gasteiger partial charge in [0.25, 0.3) is 5.91 Å². The molecule has 1 heterocycles. The maximum Gasteiger partial charge on any atom is 0.277 e. The first-order chi connectivity index (χ1) is 9.63. The van der Waals surface area contributed by atoms with Gasteiger partial charge in [-0.2, -0.15) is 5.26 Å². The molecule has 3 N–H and O–H groups in total. The van der Waals surface area contributed by atoms with Crippen molar-refractivity contribution in [2.75, 3.05) is 18.2 Å². The van der Waals surface area contributed by atoms with Crippen LogP contribution >= 0.6 is 0 Å². The van der Waals surface area contributed by atoms with Crippen LogP contribution in [-0.2, 0) is 11.3 Å². The molecule has 7 heteroatoms. The highest BCUT2D eigenvalue weighted by Crippen LogP contribution is 2.20. The Morgan fingerprint density at radius 2 is 2.35 bits per heavy atom. The van der Waals surface area contributed by atoms with E-state index in [2.05, 4.69) is 10.5 Å². The van der Waals surface area contributed by atoms with Crippen molar-refractivity contribution in [3.8, 4) is 6.07 Å². The van der Waals surface area contributed by atoms with Crippen LogP contribution in [-0.4, -0.2) is 18.2 Å². The van der Waals surface area contributed by atoms with E-state index in [1.165, 1.54) is 19.2 Å². The number of anilines is 2. The van der Waals surface area contributed by atoms with Crippen LogP contribution in [0, 0.1) is 11.3 Å². The van der Waals surface area contributed by atoms with E-state index in [1.54, 1.807) is 12.1 Å². The molecule has 102 valence electrons. The summed E-state index contributed by atoms with van der Waals surface area (Å²) in [6.45, 7) is 0.235. The van der Waals surface area contributed by atoms with Crippen molar-refractivity contribution in [3.63, 3.8) is 0 Å². The number of hydrogen-bond donors (Lipinski definition) is 2. The number of carbonyl (C=O) groups is 1. The molecule has 0 aliphatic carbocycles. The fourth-order valence-corrected chi connectivity index (χ4v) is 1.56. The predicted octanol–water partition coefficient (Wildman–Crippen LogP) is 1.53. The Morgan fingerprint density at radius 3 is 3.00 bits per heavy atom. The molecule has 0 aliphatic rings. The van der Waals surface area contributed by atoms with Crippen LogP contribution in [0.5, 0.6) is 0 Å². The highest BCUT2D eigenvalue weighted by molar-refractivity contribution is 6.04. The van der Waals surface area contributed by atoms with Crippen LogP contribution in [0.25, 0.3) is 0 Å². The second-order valence-corrected chi connectivity index (χ2v) is 3.98. The number of amides is 1. The van der Waals surface area contributed by atoms with Crippen molar-refractivity contribution < 1.29 is 14.1 Å². The number of carbonyl (C=O) groups excluding carboxylic acids is 1. The largest absolute Gasteiger partial charge is 0.397 e. The first kappa shape index (κ1) is 13.6. The fraction of sp³-hybridized carbons (Fsp3) is 0.154. The number of ether oxygens (including phenoxy) is 1. The number of nitriles is 1. The van der Waals surface area contributed by atoms with Crippen molar-refractivity contribution in [2.45, 2.75) is 6.61 Å². The molecule has 20 heavy (non-hydrogen) atoms. The number of nitrogens with one attached hydrogen (secondary N) is 1. The zero-order valence-electron chi connectivity index (χ0n) is 10.7. The molecule has 7 nitrogen and oxygen atoms in total. The van der Waals surface area contributed by atoms with Crippen molar-refractivity contribution >= 4 is 17.3 Å². The van der Waals surface area contributed by atoms with Gasteiger partial charge in [0.2, 0.25) is 0 Å². The summed E-state index contributed by atoms with van der Waals surface area (Å²) in [7, 11) is 1.51. The molecular weight excluding hydrogens is 260 g/mol. The molecule has 1 aromatic heterocycles. The Labute approximate surface area is 114 Å². The summed E-state index contributed by atoms with van der Waals surface area (Å²) < 4.78 is 9.79. The highest BCUT2D eigenvalue weighted by atomic mass is 16.5. The minimum Gasteiger partial charge on any atom is -0.397 e. The van der Waals surface area contributed by atoms with Gasteiger partial charge >= 0.3 is 0 Å². The lowest BCUT2D eigenvalue weighted by molar-refractivity contribution is 0.101. The zero-order chi connectivity index (χ0) is 14.5. The average Bonchev–Trinajstić information content (AvgIpc) is 2.90. The third-order valence-corrected chi connectivity index (χ3v) is 2.51. The summed E-state index contributed by atoms with van der Waals surface area (Å²) >= 11 is 0. The van der Waals surface area contributed by atoms with Crippen LogP contribution < -0.4 is 11.1 Å². The number of nitrogens with zero attached hydrogens (tertiary/aromatic N) is 2. The molecule has 2 aromatic rings. The number of rotatable bonds is 4. The minimum atomic E-state index is -0.451. The van der Waals surface area contributed by atoms with Crippen LogP contribution in [0.2, 0.25) is 0 Å². The van der Waals surface area contributed by atoms with Gasteiger partial charge in [-0.05, 0) is 18.2 Å². The Bertz CT molecular complexity index is 672. The zero-order valence-corrected chi connectivity index (χ0v) is 10.7. The summed E-state index contributed by atoms with van der Waals surface area (Å²) in [6, 6.07) is 8.05. The molecule has 1 amide bonds. The maximum atomic E-state index is 11.9. The lowest BCUT2D eigenvalue weighted by Crippen LogP contribution is -2.13. The summed E-state index contributed by atoms with van der Waals surface area (Å²) in [4.78, 5) is 11.9. The summed E-state index contributed by atoms with van der Waals surface area (Å²) in [5, 5.41) is 15.0. The van der Waals surface area contributed by atoms with Crippen LogP contribution in [0.15, 0.2) is 28.8 Å². The molecule has 1 aromatic carbocycles. The third kappa shape index (κ3) is 2.93. The standard InChI is InChI=1S/C13H12N4O3/c1-19-7-9-5-12(17-20-9)13(18)16-11-3-2-8(6-14)4-10(11)15/h2-5H,7,15H2,1H3,(H,16,18). The second-order valence-electron chi connectivity index (χ2n) is 3.98. The lowest BCUT2D eigenvalue weighted by atomic mass is 10.2. The average molecular weight is 272 g/mol. The second kappa shape index (κ2) is 5.86. The minimum absolute atomic E-state index is 0.126. The van der Waals surface area contributed by atoms with Crippen molar-refractivity contribution in [3.05, 3.63) is 41.3 Å². The Balaban J connectivity index is 2.13. The molecule has 0 radical (unpaired) electrons. The van der Waals surface area contributed by atoms with Gasteiger partial charge in [-0.3, -0.25) is 4.79 Å². The van der Waals surface area contributed by atoms with E-state index in [0.717, 1.165) is 0 Å². The molecule has 0 aliphatic heterocycles. The smallest absolute Gasteiger partial charge is 0.277 e. The number of methoxy groups -OCH3 is 1. The van der Waals surface area contributed by atoms with Gasteiger partial charge in [-0.25, -0.2) is 0 Å². The third-order valence-electron chi connectivity index (χ3n) is 2.51. The number of nitrogens with two attached hydrogens (primary N) is 1. The van der Waals surface area contributed by atoms with E-state index in [4.69, 9.17) is 20.3 Å². The van der Waals surface area contributed by atoms with E-state index >= 15 is 0 Å². The van der Waals surface area contributed by atoms with Gasteiger partial charge in [0.1, 0.15) is 6.61 Å².